The van der Waals surface area contributed by atoms with Gasteiger partial charge in [-0.15, -0.1) is 11.8 Å². The van der Waals surface area contributed by atoms with Gasteiger partial charge in [0.05, 0.1) is 6.04 Å². The maximum atomic E-state index is 11.5. The molecule has 0 spiro atoms. The Bertz CT molecular complexity index is 544. The van der Waals surface area contributed by atoms with Crippen molar-refractivity contribution in [2.45, 2.75) is 30.8 Å². The standard InChI is InChI=1S/C18H21NOS/c1-15(13-21-18-11-7-4-8-12-18)19(14-20)16(2)17-9-5-3-6-10-17/h3-12,14-16H,13H2,1-2H3/t15-,16+/m1/s1. The number of rotatable bonds is 7. The van der Waals surface area contributed by atoms with Crippen molar-refractivity contribution in [3.05, 3.63) is 66.2 Å². The van der Waals surface area contributed by atoms with E-state index in [4.69, 9.17) is 0 Å². The van der Waals surface area contributed by atoms with Crippen molar-refractivity contribution in [3.8, 4) is 0 Å². The summed E-state index contributed by atoms with van der Waals surface area (Å²) in [5, 5.41) is 0. The van der Waals surface area contributed by atoms with E-state index in [0.717, 1.165) is 12.2 Å². The molecule has 0 aliphatic carbocycles. The lowest BCUT2D eigenvalue weighted by atomic mass is 10.1. The van der Waals surface area contributed by atoms with Gasteiger partial charge in [0, 0.05) is 16.7 Å². The molecule has 0 heterocycles. The summed E-state index contributed by atoms with van der Waals surface area (Å²) in [5.41, 5.74) is 1.17. The lowest BCUT2D eigenvalue weighted by Gasteiger charge is -2.31. The summed E-state index contributed by atoms with van der Waals surface area (Å²) in [7, 11) is 0. The van der Waals surface area contributed by atoms with Crippen LogP contribution >= 0.6 is 11.8 Å². The van der Waals surface area contributed by atoms with E-state index in [1.165, 1.54) is 10.5 Å². The highest BCUT2D eigenvalue weighted by Crippen LogP contribution is 2.25. The van der Waals surface area contributed by atoms with Crippen LogP contribution in [0, 0.1) is 0 Å². The first-order chi connectivity index (χ1) is 10.2. The van der Waals surface area contributed by atoms with Crippen molar-refractivity contribution < 1.29 is 4.79 Å². The summed E-state index contributed by atoms with van der Waals surface area (Å²) < 4.78 is 0. The molecule has 0 N–H and O–H groups in total. The molecule has 0 aliphatic rings. The second-order valence-electron chi connectivity index (χ2n) is 5.11. The van der Waals surface area contributed by atoms with Gasteiger partial charge in [0.2, 0.25) is 6.41 Å². The van der Waals surface area contributed by atoms with Crippen molar-refractivity contribution in [2.24, 2.45) is 0 Å². The first kappa shape index (κ1) is 15.6. The fraction of sp³-hybridized carbons (Fsp3) is 0.278. The van der Waals surface area contributed by atoms with Gasteiger partial charge < -0.3 is 4.90 Å². The van der Waals surface area contributed by atoms with Gasteiger partial charge in [-0.2, -0.15) is 0 Å². The zero-order valence-corrected chi connectivity index (χ0v) is 13.3. The van der Waals surface area contributed by atoms with E-state index in [2.05, 4.69) is 38.1 Å². The Morgan fingerprint density at radius 3 is 2.14 bits per heavy atom. The Labute approximate surface area is 131 Å². The van der Waals surface area contributed by atoms with Crippen LogP contribution in [0.2, 0.25) is 0 Å². The van der Waals surface area contributed by atoms with E-state index in [1.807, 2.05) is 41.3 Å². The fourth-order valence-electron chi connectivity index (χ4n) is 2.30. The summed E-state index contributed by atoms with van der Waals surface area (Å²) >= 11 is 1.78. The Balaban J connectivity index is 1.98. The largest absolute Gasteiger partial charge is 0.335 e. The summed E-state index contributed by atoms with van der Waals surface area (Å²) in [5.74, 6) is 0.889. The first-order valence-electron chi connectivity index (χ1n) is 7.18. The average molecular weight is 299 g/mol. The van der Waals surface area contributed by atoms with Crippen LogP contribution < -0.4 is 0 Å². The SMILES string of the molecule is C[C@H](CSc1ccccc1)N(C=O)[C@@H](C)c1ccccc1. The van der Waals surface area contributed by atoms with Gasteiger partial charge in [-0.1, -0.05) is 48.5 Å². The van der Waals surface area contributed by atoms with Crippen LogP contribution in [0.1, 0.15) is 25.5 Å². The summed E-state index contributed by atoms with van der Waals surface area (Å²) in [4.78, 5) is 14.6. The molecule has 1 amide bonds. The highest BCUT2D eigenvalue weighted by Gasteiger charge is 2.19. The van der Waals surface area contributed by atoms with Gasteiger partial charge in [0.1, 0.15) is 0 Å². The number of thioether (sulfide) groups is 1. The number of hydrogen-bond acceptors (Lipinski definition) is 2. The van der Waals surface area contributed by atoms with Gasteiger partial charge in [0.25, 0.3) is 0 Å². The van der Waals surface area contributed by atoms with Crippen LogP contribution in [0.15, 0.2) is 65.6 Å². The average Bonchev–Trinajstić information content (AvgIpc) is 2.55. The van der Waals surface area contributed by atoms with Crippen LogP contribution in [0.4, 0.5) is 0 Å². The molecule has 2 nitrogen and oxygen atoms in total. The van der Waals surface area contributed by atoms with Gasteiger partial charge >= 0.3 is 0 Å². The molecule has 0 bridgehead atoms. The number of nitrogens with zero attached hydrogens (tertiary/aromatic N) is 1. The van der Waals surface area contributed by atoms with Crippen molar-refractivity contribution in [3.63, 3.8) is 0 Å². The van der Waals surface area contributed by atoms with Crippen LogP contribution in [-0.2, 0) is 4.79 Å². The molecule has 2 rings (SSSR count). The smallest absolute Gasteiger partial charge is 0.210 e. The van der Waals surface area contributed by atoms with Crippen molar-refractivity contribution in [2.75, 3.05) is 5.75 Å². The Hall–Kier alpha value is -1.74. The second-order valence-corrected chi connectivity index (χ2v) is 6.21. The van der Waals surface area contributed by atoms with E-state index >= 15 is 0 Å². The zero-order chi connectivity index (χ0) is 15.1. The maximum Gasteiger partial charge on any atom is 0.210 e. The molecular formula is C18H21NOS. The quantitative estimate of drug-likeness (QED) is 0.558. The van der Waals surface area contributed by atoms with Crippen LogP contribution in [0.3, 0.4) is 0 Å². The maximum absolute atomic E-state index is 11.5. The van der Waals surface area contributed by atoms with Crippen molar-refractivity contribution in [1.82, 2.24) is 4.90 Å². The number of hydrogen-bond donors (Lipinski definition) is 0. The van der Waals surface area contributed by atoms with Gasteiger partial charge in [-0.3, -0.25) is 4.79 Å². The Morgan fingerprint density at radius 2 is 1.57 bits per heavy atom. The molecule has 0 fully saturated rings. The van der Waals surface area contributed by atoms with Gasteiger partial charge in [0.15, 0.2) is 0 Å². The van der Waals surface area contributed by atoms with Gasteiger partial charge in [-0.05, 0) is 31.5 Å². The van der Waals surface area contributed by atoms with Crippen LogP contribution in [-0.4, -0.2) is 23.1 Å². The topological polar surface area (TPSA) is 20.3 Å². The minimum atomic E-state index is 0.0927. The summed E-state index contributed by atoms with van der Waals surface area (Å²) in [6.45, 7) is 4.18. The van der Waals surface area contributed by atoms with E-state index < -0.39 is 0 Å². The van der Waals surface area contributed by atoms with E-state index in [0.29, 0.717) is 0 Å². The third kappa shape index (κ3) is 4.36. The molecule has 3 heteroatoms. The first-order valence-corrected chi connectivity index (χ1v) is 8.16. The van der Waals surface area contributed by atoms with E-state index in [1.54, 1.807) is 11.8 Å². The number of carbonyl (C=O) groups is 1. The molecule has 0 aliphatic heterocycles. The lowest BCUT2D eigenvalue weighted by molar-refractivity contribution is -0.121. The predicted molar refractivity (Wildman–Crippen MR) is 89.4 cm³/mol. The molecule has 2 aromatic carbocycles. The number of benzene rings is 2. The third-order valence-corrected chi connectivity index (χ3v) is 4.85. The highest BCUT2D eigenvalue weighted by molar-refractivity contribution is 7.99. The molecule has 0 saturated heterocycles. The van der Waals surface area contributed by atoms with Crippen LogP contribution in [0.5, 0.6) is 0 Å². The molecule has 0 saturated carbocycles. The molecule has 0 aromatic heterocycles. The second kappa shape index (κ2) is 7.89. The highest BCUT2D eigenvalue weighted by atomic mass is 32.2. The molecule has 0 unspecified atom stereocenters. The normalized spacial score (nSPS) is 13.4. The predicted octanol–water partition coefficient (Wildman–Crippen LogP) is 4.39. The minimum absolute atomic E-state index is 0.0927. The van der Waals surface area contributed by atoms with Crippen molar-refractivity contribution in [1.29, 1.82) is 0 Å². The van der Waals surface area contributed by atoms with E-state index in [-0.39, 0.29) is 12.1 Å². The minimum Gasteiger partial charge on any atom is -0.335 e. The van der Waals surface area contributed by atoms with E-state index in [9.17, 15) is 4.79 Å². The molecule has 2 aromatic rings. The molecule has 2 atom stereocenters. The molecule has 21 heavy (non-hydrogen) atoms. The van der Waals surface area contributed by atoms with Crippen molar-refractivity contribution >= 4 is 18.2 Å². The molecule has 110 valence electrons. The Morgan fingerprint density at radius 1 is 1.00 bits per heavy atom. The number of carbonyl (C=O) groups excluding carboxylic acids is 1. The van der Waals surface area contributed by atoms with Crippen LogP contribution in [0.25, 0.3) is 0 Å². The monoisotopic (exact) mass is 299 g/mol. The summed E-state index contributed by atoms with van der Waals surface area (Å²) in [6, 6.07) is 20.7. The zero-order valence-electron chi connectivity index (χ0n) is 12.5. The summed E-state index contributed by atoms with van der Waals surface area (Å²) in [6.07, 6.45) is 0.966. The lowest BCUT2D eigenvalue weighted by Crippen LogP contribution is -2.35. The Kier molecular flexibility index (Phi) is 5.88. The third-order valence-electron chi connectivity index (χ3n) is 3.59. The fourth-order valence-corrected chi connectivity index (χ4v) is 3.26. The number of amides is 1. The molecule has 0 radical (unpaired) electrons. The van der Waals surface area contributed by atoms with Gasteiger partial charge in [-0.25, -0.2) is 0 Å². The molecular weight excluding hydrogens is 278 g/mol.